The van der Waals surface area contributed by atoms with Gasteiger partial charge >= 0.3 is 6.09 Å². The molecule has 0 aromatic heterocycles. The number of nitrogens with two attached hydrogens (primary N) is 1. The Morgan fingerprint density at radius 3 is 2.11 bits per heavy atom. The van der Waals surface area contributed by atoms with E-state index < -0.39 is 29.6 Å². The standard InChI is InChI=1S/C12H23N3O4/c1-7(2)9(10(17)14-6-8(13)16)15-11(18)19-12(3,4)5/h7,9H,6H2,1-5H3,(H2,13,16)(H,14,17)(H,15,18). The fraction of sp³-hybridized carbons (Fsp3) is 0.750. The van der Waals surface area contributed by atoms with E-state index in [9.17, 15) is 14.4 Å². The van der Waals surface area contributed by atoms with Crippen molar-refractivity contribution >= 4 is 17.9 Å². The van der Waals surface area contributed by atoms with Crippen LogP contribution >= 0.6 is 0 Å². The number of nitrogens with one attached hydrogen (secondary N) is 2. The summed E-state index contributed by atoms with van der Waals surface area (Å²) < 4.78 is 5.07. The molecular formula is C12H23N3O4. The number of carbonyl (C=O) groups is 3. The van der Waals surface area contributed by atoms with Gasteiger partial charge in [-0.3, -0.25) is 9.59 Å². The van der Waals surface area contributed by atoms with Gasteiger partial charge in [0.05, 0.1) is 6.54 Å². The monoisotopic (exact) mass is 273 g/mol. The van der Waals surface area contributed by atoms with E-state index in [1.54, 1.807) is 34.6 Å². The molecule has 0 aliphatic carbocycles. The SMILES string of the molecule is CC(C)C(NC(=O)OC(C)(C)C)C(=O)NCC(N)=O. The molecule has 7 heteroatoms. The summed E-state index contributed by atoms with van der Waals surface area (Å²) in [5.41, 5.74) is 4.29. The Kier molecular flexibility index (Phi) is 6.31. The molecular weight excluding hydrogens is 250 g/mol. The van der Waals surface area contributed by atoms with E-state index in [-0.39, 0.29) is 12.5 Å². The number of amides is 3. The Hall–Kier alpha value is -1.79. The van der Waals surface area contributed by atoms with Crippen molar-refractivity contribution in [3.05, 3.63) is 0 Å². The van der Waals surface area contributed by atoms with Crippen LogP contribution in [0, 0.1) is 5.92 Å². The number of rotatable bonds is 5. The van der Waals surface area contributed by atoms with Crippen molar-refractivity contribution < 1.29 is 19.1 Å². The lowest BCUT2D eigenvalue weighted by molar-refractivity contribution is -0.127. The molecule has 0 fully saturated rings. The summed E-state index contributed by atoms with van der Waals surface area (Å²) in [5.74, 6) is -1.27. The number of ether oxygens (including phenoxy) is 1. The molecule has 7 nitrogen and oxygen atoms in total. The molecule has 1 atom stereocenters. The van der Waals surface area contributed by atoms with Crippen molar-refractivity contribution in [2.75, 3.05) is 6.54 Å². The number of alkyl carbamates (subject to hydrolysis) is 1. The number of carbonyl (C=O) groups excluding carboxylic acids is 3. The molecule has 19 heavy (non-hydrogen) atoms. The van der Waals surface area contributed by atoms with Gasteiger partial charge in [-0.25, -0.2) is 4.79 Å². The first-order valence-electron chi connectivity index (χ1n) is 6.08. The summed E-state index contributed by atoms with van der Waals surface area (Å²) >= 11 is 0. The lowest BCUT2D eigenvalue weighted by Gasteiger charge is -2.25. The van der Waals surface area contributed by atoms with Crippen molar-refractivity contribution in [3.63, 3.8) is 0 Å². The van der Waals surface area contributed by atoms with Crippen LogP contribution in [0.3, 0.4) is 0 Å². The van der Waals surface area contributed by atoms with E-state index >= 15 is 0 Å². The maximum Gasteiger partial charge on any atom is 0.408 e. The van der Waals surface area contributed by atoms with Crippen LogP contribution in [0.25, 0.3) is 0 Å². The molecule has 0 spiro atoms. The van der Waals surface area contributed by atoms with Gasteiger partial charge < -0.3 is 21.1 Å². The molecule has 0 aromatic carbocycles. The van der Waals surface area contributed by atoms with Crippen molar-refractivity contribution in [1.82, 2.24) is 10.6 Å². The number of hydrogen-bond acceptors (Lipinski definition) is 4. The van der Waals surface area contributed by atoms with Crippen LogP contribution in [-0.4, -0.2) is 36.1 Å². The van der Waals surface area contributed by atoms with Gasteiger partial charge in [-0.1, -0.05) is 13.8 Å². The van der Waals surface area contributed by atoms with Crippen LogP contribution in [0.4, 0.5) is 4.79 Å². The summed E-state index contributed by atoms with van der Waals surface area (Å²) in [4.78, 5) is 34.0. The van der Waals surface area contributed by atoms with Gasteiger partial charge in [0.15, 0.2) is 0 Å². The van der Waals surface area contributed by atoms with Gasteiger partial charge in [0.25, 0.3) is 0 Å². The molecule has 4 N–H and O–H groups in total. The van der Waals surface area contributed by atoms with Crippen LogP contribution in [-0.2, 0) is 14.3 Å². The quantitative estimate of drug-likeness (QED) is 0.661. The normalized spacial score (nSPS) is 12.7. The predicted octanol–water partition coefficient (Wildman–Crippen LogP) is 0.137. The van der Waals surface area contributed by atoms with Gasteiger partial charge in [0, 0.05) is 0 Å². The second-order valence-electron chi connectivity index (χ2n) is 5.55. The molecule has 0 aliphatic heterocycles. The molecule has 0 heterocycles. The zero-order chi connectivity index (χ0) is 15.2. The Morgan fingerprint density at radius 1 is 1.21 bits per heavy atom. The zero-order valence-electron chi connectivity index (χ0n) is 12.1. The molecule has 0 rings (SSSR count). The largest absolute Gasteiger partial charge is 0.444 e. The smallest absolute Gasteiger partial charge is 0.408 e. The van der Waals surface area contributed by atoms with Crippen molar-refractivity contribution in [3.8, 4) is 0 Å². The molecule has 110 valence electrons. The van der Waals surface area contributed by atoms with E-state index in [4.69, 9.17) is 10.5 Å². The summed E-state index contributed by atoms with van der Waals surface area (Å²) in [6, 6.07) is -0.783. The molecule has 0 bridgehead atoms. The molecule has 0 saturated carbocycles. The van der Waals surface area contributed by atoms with Gasteiger partial charge in [-0.15, -0.1) is 0 Å². The summed E-state index contributed by atoms with van der Waals surface area (Å²) in [7, 11) is 0. The first kappa shape index (κ1) is 17.2. The van der Waals surface area contributed by atoms with Gasteiger partial charge in [-0.2, -0.15) is 0 Å². The highest BCUT2D eigenvalue weighted by Crippen LogP contribution is 2.08. The molecule has 0 radical (unpaired) electrons. The highest BCUT2D eigenvalue weighted by molar-refractivity contribution is 5.89. The summed E-state index contributed by atoms with van der Waals surface area (Å²) in [6.07, 6.45) is -0.680. The topological polar surface area (TPSA) is 111 Å². The third-order valence-electron chi connectivity index (χ3n) is 2.06. The van der Waals surface area contributed by atoms with Crippen LogP contribution in [0.2, 0.25) is 0 Å². The van der Waals surface area contributed by atoms with E-state index in [1.165, 1.54) is 0 Å². The first-order chi connectivity index (χ1) is 8.53. The van der Waals surface area contributed by atoms with E-state index in [0.717, 1.165) is 0 Å². The van der Waals surface area contributed by atoms with Gasteiger partial charge in [-0.05, 0) is 26.7 Å². The zero-order valence-corrected chi connectivity index (χ0v) is 12.1. The summed E-state index contributed by atoms with van der Waals surface area (Å²) in [5, 5.41) is 4.82. The van der Waals surface area contributed by atoms with Crippen LogP contribution in [0.5, 0.6) is 0 Å². The Balaban J connectivity index is 4.53. The Bertz CT molecular complexity index is 347. The second-order valence-corrected chi connectivity index (χ2v) is 5.55. The highest BCUT2D eigenvalue weighted by Gasteiger charge is 2.26. The Morgan fingerprint density at radius 2 is 1.74 bits per heavy atom. The first-order valence-corrected chi connectivity index (χ1v) is 6.08. The van der Waals surface area contributed by atoms with Gasteiger partial charge in [0.1, 0.15) is 11.6 Å². The lowest BCUT2D eigenvalue weighted by atomic mass is 10.0. The second kappa shape index (κ2) is 6.96. The van der Waals surface area contributed by atoms with Crippen LogP contribution in [0.1, 0.15) is 34.6 Å². The predicted molar refractivity (Wildman–Crippen MR) is 70.2 cm³/mol. The minimum atomic E-state index is -0.783. The minimum absolute atomic E-state index is 0.152. The average Bonchev–Trinajstić information content (AvgIpc) is 2.19. The van der Waals surface area contributed by atoms with E-state index in [2.05, 4.69) is 10.6 Å². The van der Waals surface area contributed by atoms with Crippen molar-refractivity contribution in [2.45, 2.75) is 46.3 Å². The average molecular weight is 273 g/mol. The van der Waals surface area contributed by atoms with Crippen LogP contribution < -0.4 is 16.4 Å². The third-order valence-corrected chi connectivity index (χ3v) is 2.06. The number of primary amides is 1. The molecule has 3 amide bonds. The maximum atomic E-state index is 11.8. The minimum Gasteiger partial charge on any atom is -0.444 e. The molecule has 1 unspecified atom stereocenters. The molecule has 0 aliphatic rings. The van der Waals surface area contributed by atoms with Gasteiger partial charge in [0.2, 0.25) is 11.8 Å². The van der Waals surface area contributed by atoms with Crippen molar-refractivity contribution in [2.24, 2.45) is 11.7 Å². The maximum absolute atomic E-state index is 11.8. The molecule has 0 saturated heterocycles. The third kappa shape index (κ3) is 8.01. The highest BCUT2D eigenvalue weighted by atomic mass is 16.6. The Labute approximate surface area is 113 Å². The van der Waals surface area contributed by atoms with Crippen LogP contribution in [0.15, 0.2) is 0 Å². The fourth-order valence-electron chi connectivity index (χ4n) is 1.25. The van der Waals surface area contributed by atoms with E-state index in [0.29, 0.717) is 0 Å². The lowest BCUT2D eigenvalue weighted by Crippen LogP contribution is -2.52. The number of hydrogen-bond donors (Lipinski definition) is 3. The van der Waals surface area contributed by atoms with Crippen molar-refractivity contribution in [1.29, 1.82) is 0 Å². The molecule has 0 aromatic rings. The summed E-state index contributed by atoms with van der Waals surface area (Å²) in [6.45, 7) is 8.45. The van der Waals surface area contributed by atoms with E-state index in [1.807, 2.05) is 0 Å². The fourth-order valence-corrected chi connectivity index (χ4v) is 1.25.